The van der Waals surface area contributed by atoms with Crippen LogP contribution in [-0.2, 0) is 6.42 Å². The molecular formula is C11H14N6O2. The molecule has 0 radical (unpaired) electrons. The minimum atomic E-state index is -0.553. The summed E-state index contributed by atoms with van der Waals surface area (Å²) in [6, 6.07) is 2.89. The SMILES string of the molecule is Nc1nc(NCCCc2ncc[nH]2)ccc1[N+](=O)[O-]. The topological polar surface area (TPSA) is 123 Å². The Hall–Kier alpha value is -2.64. The number of aryl methyl sites for hydroxylation is 1. The quantitative estimate of drug-likeness (QED) is 0.410. The summed E-state index contributed by atoms with van der Waals surface area (Å²) in [5.41, 5.74) is 5.32. The number of nitrogens with one attached hydrogen (secondary N) is 2. The van der Waals surface area contributed by atoms with E-state index in [2.05, 4.69) is 20.3 Å². The number of nitro groups is 1. The lowest BCUT2D eigenvalue weighted by molar-refractivity contribution is -0.384. The molecule has 100 valence electrons. The molecule has 0 saturated carbocycles. The van der Waals surface area contributed by atoms with Gasteiger partial charge in [0.2, 0.25) is 5.82 Å². The van der Waals surface area contributed by atoms with Crippen molar-refractivity contribution in [3.8, 4) is 0 Å². The highest BCUT2D eigenvalue weighted by Gasteiger charge is 2.12. The first-order chi connectivity index (χ1) is 9.16. The van der Waals surface area contributed by atoms with Crippen molar-refractivity contribution in [2.45, 2.75) is 12.8 Å². The first kappa shape index (κ1) is 12.8. The zero-order valence-corrected chi connectivity index (χ0v) is 10.2. The predicted octanol–water partition coefficient (Wildman–Crippen LogP) is 1.34. The van der Waals surface area contributed by atoms with E-state index in [-0.39, 0.29) is 11.5 Å². The second-order valence-electron chi connectivity index (χ2n) is 3.92. The lowest BCUT2D eigenvalue weighted by atomic mass is 10.3. The fourth-order valence-electron chi connectivity index (χ4n) is 1.63. The lowest BCUT2D eigenvalue weighted by Crippen LogP contribution is -2.07. The molecule has 0 aliphatic rings. The van der Waals surface area contributed by atoms with Crippen LogP contribution < -0.4 is 11.1 Å². The highest BCUT2D eigenvalue weighted by molar-refractivity contribution is 5.57. The minimum absolute atomic E-state index is 0.0824. The lowest BCUT2D eigenvalue weighted by Gasteiger charge is -2.05. The highest BCUT2D eigenvalue weighted by Crippen LogP contribution is 2.20. The molecule has 8 heteroatoms. The molecule has 0 spiro atoms. The summed E-state index contributed by atoms with van der Waals surface area (Å²) in [5.74, 6) is 1.38. The molecule has 2 aromatic rings. The molecule has 0 amide bonds. The number of aromatic amines is 1. The molecular weight excluding hydrogens is 248 g/mol. The average Bonchev–Trinajstić information content (AvgIpc) is 2.87. The Bertz CT molecular complexity index is 554. The van der Waals surface area contributed by atoms with Gasteiger partial charge in [-0.25, -0.2) is 9.97 Å². The molecule has 0 saturated heterocycles. The van der Waals surface area contributed by atoms with Crippen LogP contribution in [0.25, 0.3) is 0 Å². The van der Waals surface area contributed by atoms with Crippen LogP contribution in [-0.4, -0.2) is 26.4 Å². The van der Waals surface area contributed by atoms with Crippen molar-refractivity contribution >= 4 is 17.3 Å². The van der Waals surface area contributed by atoms with Gasteiger partial charge in [0.15, 0.2) is 0 Å². The van der Waals surface area contributed by atoms with Crippen LogP contribution in [0, 0.1) is 10.1 Å². The third-order valence-corrected chi connectivity index (χ3v) is 2.55. The second-order valence-corrected chi connectivity index (χ2v) is 3.92. The van der Waals surface area contributed by atoms with Crippen molar-refractivity contribution in [3.05, 3.63) is 40.5 Å². The molecule has 8 nitrogen and oxygen atoms in total. The van der Waals surface area contributed by atoms with Gasteiger partial charge in [-0.15, -0.1) is 0 Å². The molecule has 0 aromatic carbocycles. The number of nitrogen functional groups attached to an aromatic ring is 1. The van der Waals surface area contributed by atoms with Gasteiger partial charge in [-0.3, -0.25) is 10.1 Å². The Morgan fingerprint density at radius 3 is 2.95 bits per heavy atom. The summed E-state index contributed by atoms with van der Waals surface area (Å²) in [6.45, 7) is 0.685. The Morgan fingerprint density at radius 1 is 1.47 bits per heavy atom. The Kier molecular flexibility index (Phi) is 3.91. The van der Waals surface area contributed by atoms with Gasteiger partial charge in [-0.05, 0) is 12.5 Å². The number of rotatable bonds is 6. The Labute approximate surface area is 109 Å². The number of pyridine rings is 1. The second kappa shape index (κ2) is 5.80. The van der Waals surface area contributed by atoms with E-state index in [1.165, 1.54) is 6.07 Å². The number of H-pyrrole nitrogens is 1. The largest absolute Gasteiger partial charge is 0.378 e. The van der Waals surface area contributed by atoms with E-state index in [0.29, 0.717) is 12.4 Å². The van der Waals surface area contributed by atoms with E-state index in [1.54, 1.807) is 18.5 Å². The summed E-state index contributed by atoms with van der Waals surface area (Å²) in [6.07, 6.45) is 5.18. The predicted molar refractivity (Wildman–Crippen MR) is 70.7 cm³/mol. The van der Waals surface area contributed by atoms with E-state index >= 15 is 0 Å². The van der Waals surface area contributed by atoms with Crippen molar-refractivity contribution in [2.75, 3.05) is 17.6 Å². The summed E-state index contributed by atoms with van der Waals surface area (Å²) in [7, 11) is 0. The first-order valence-electron chi connectivity index (χ1n) is 5.80. The fraction of sp³-hybridized carbons (Fsp3) is 0.273. The number of imidazole rings is 1. The molecule has 0 bridgehead atoms. The zero-order valence-electron chi connectivity index (χ0n) is 10.2. The third-order valence-electron chi connectivity index (χ3n) is 2.55. The summed E-state index contributed by atoms with van der Waals surface area (Å²) < 4.78 is 0. The van der Waals surface area contributed by atoms with Crippen molar-refractivity contribution in [2.24, 2.45) is 0 Å². The molecule has 0 atom stereocenters. The Morgan fingerprint density at radius 2 is 2.32 bits per heavy atom. The monoisotopic (exact) mass is 262 g/mol. The molecule has 0 aliphatic heterocycles. The third kappa shape index (κ3) is 3.41. The standard InChI is InChI=1S/C11H14N6O2/c12-11-8(17(18)19)3-4-10(16-11)13-5-1-2-9-14-6-7-15-9/h3-4,6-7H,1-2,5H2,(H,14,15)(H3,12,13,16). The molecule has 4 N–H and O–H groups in total. The molecule has 0 aliphatic carbocycles. The molecule has 0 unspecified atom stereocenters. The Balaban J connectivity index is 1.83. The van der Waals surface area contributed by atoms with Crippen LogP contribution in [0.3, 0.4) is 0 Å². The van der Waals surface area contributed by atoms with Gasteiger partial charge in [0.05, 0.1) is 4.92 Å². The molecule has 19 heavy (non-hydrogen) atoms. The smallest absolute Gasteiger partial charge is 0.311 e. The van der Waals surface area contributed by atoms with Gasteiger partial charge >= 0.3 is 5.69 Å². The first-order valence-corrected chi connectivity index (χ1v) is 5.80. The van der Waals surface area contributed by atoms with Crippen LogP contribution in [0.4, 0.5) is 17.3 Å². The van der Waals surface area contributed by atoms with Crippen LogP contribution in [0.2, 0.25) is 0 Å². The molecule has 0 fully saturated rings. The minimum Gasteiger partial charge on any atom is -0.378 e. The molecule has 2 heterocycles. The van der Waals surface area contributed by atoms with Crippen molar-refractivity contribution in [1.82, 2.24) is 15.0 Å². The van der Waals surface area contributed by atoms with Gasteiger partial charge < -0.3 is 16.0 Å². The highest BCUT2D eigenvalue weighted by atomic mass is 16.6. The number of anilines is 2. The maximum atomic E-state index is 10.6. The maximum absolute atomic E-state index is 10.6. The van der Waals surface area contributed by atoms with E-state index in [4.69, 9.17) is 5.73 Å². The normalized spacial score (nSPS) is 10.3. The van der Waals surface area contributed by atoms with Gasteiger partial charge in [-0.1, -0.05) is 0 Å². The van der Waals surface area contributed by atoms with Gasteiger partial charge in [0, 0.05) is 31.4 Å². The van der Waals surface area contributed by atoms with Crippen molar-refractivity contribution < 1.29 is 4.92 Å². The number of nitrogens with two attached hydrogens (primary N) is 1. The van der Waals surface area contributed by atoms with Crippen LogP contribution >= 0.6 is 0 Å². The molecule has 2 aromatic heterocycles. The summed E-state index contributed by atoms with van der Waals surface area (Å²) in [5, 5.41) is 13.6. The van der Waals surface area contributed by atoms with E-state index in [9.17, 15) is 10.1 Å². The van der Waals surface area contributed by atoms with Gasteiger partial charge in [0.1, 0.15) is 11.6 Å². The zero-order chi connectivity index (χ0) is 13.7. The van der Waals surface area contributed by atoms with Crippen molar-refractivity contribution in [1.29, 1.82) is 0 Å². The number of hydrogen-bond acceptors (Lipinski definition) is 6. The van der Waals surface area contributed by atoms with Crippen LogP contribution in [0.15, 0.2) is 24.5 Å². The average molecular weight is 262 g/mol. The van der Waals surface area contributed by atoms with Crippen LogP contribution in [0.1, 0.15) is 12.2 Å². The number of nitrogens with zero attached hydrogens (tertiary/aromatic N) is 3. The van der Waals surface area contributed by atoms with Crippen molar-refractivity contribution in [3.63, 3.8) is 0 Å². The number of aromatic nitrogens is 3. The van der Waals surface area contributed by atoms with E-state index in [0.717, 1.165) is 18.7 Å². The van der Waals surface area contributed by atoms with Crippen LogP contribution in [0.5, 0.6) is 0 Å². The molecule has 2 rings (SSSR count). The maximum Gasteiger partial charge on any atom is 0.311 e. The summed E-state index contributed by atoms with van der Waals surface area (Å²) in [4.78, 5) is 21.1. The van der Waals surface area contributed by atoms with Gasteiger partial charge in [-0.2, -0.15) is 0 Å². The number of hydrogen-bond donors (Lipinski definition) is 3. The van der Waals surface area contributed by atoms with E-state index in [1.807, 2.05) is 0 Å². The fourth-order valence-corrected chi connectivity index (χ4v) is 1.63. The summed E-state index contributed by atoms with van der Waals surface area (Å²) >= 11 is 0. The van der Waals surface area contributed by atoms with E-state index < -0.39 is 4.92 Å². The van der Waals surface area contributed by atoms with Gasteiger partial charge in [0.25, 0.3) is 0 Å².